The summed E-state index contributed by atoms with van der Waals surface area (Å²) >= 11 is 1.30. The fourth-order valence-corrected chi connectivity index (χ4v) is 2.88. The Balaban J connectivity index is 1.98. The van der Waals surface area contributed by atoms with Crippen LogP contribution in [0.25, 0.3) is 0 Å². The molecule has 0 aliphatic carbocycles. The summed E-state index contributed by atoms with van der Waals surface area (Å²) in [5.74, 6) is -0.820. The van der Waals surface area contributed by atoms with Crippen LogP contribution in [0.2, 0.25) is 0 Å². The molecule has 0 spiro atoms. The first-order valence-electron chi connectivity index (χ1n) is 6.02. The smallest absolute Gasteiger partial charge is 0.335 e. The summed E-state index contributed by atoms with van der Waals surface area (Å²) in [4.78, 5) is 13.4. The molecule has 1 fully saturated rings. The Hall–Kier alpha value is -1.11. The van der Waals surface area contributed by atoms with E-state index in [0.717, 1.165) is 13.1 Å². The minimum Gasteiger partial charge on any atom is -0.478 e. The first-order chi connectivity index (χ1) is 9.06. The van der Waals surface area contributed by atoms with Crippen LogP contribution in [-0.2, 0) is 4.74 Å². The topological polar surface area (TPSA) is 49.8 Å². The predicted molar refractivity (Wildman–Crippen MR) is 71.3 cm³/mol. The summed E-state index contributed by atoms with van der Waals surface area (Å²) in [6.45, 7) is 2.40. The van der Waals surface area contributed by atoms with E-state index in [9.17, 15) is 9.18 Å². The van der Waals surface area contributed by atoms with Gasteiger partial charge in [-0.25, -0.2) is 9.18 Å². The van der Waals surface area contributed by atoms with Crippen LogP contribution < -0.4 is 0 Å². The van der Waals surface area contributed by atoms with Crippen molar-refractivity contribution in [2.45, 2.75) is 11.0 Å². The van der Waals surface area contributed by atoms with Crippen molar-refractivity contribution in [1.82, 2.24) is 4.90 Å². The number of likely N-dealkylation sites (N-methyl/N-ethyl adjacent to an activating group) is 1. The van der Waals surface area contributed by atoms with Crippen molar-refractivity contribution in [3.63, 3.8) is 0 Å². The van der Waals surface area contributed by atoms with Gasteiger partial charge in [-0.05, 0) is 25.2 Å². The van der Waals surface area contributed by atoms with E-state index in [1.165, 1.54) is 30.0 Å². The summed E-state index contributed by atoms with van der Waals surface area (Å²) in [6.07, 6.45) is 0.0524. The molecule has 1 unspecified atom stereocenters. The van der Waals surface area contributed by atoms with Crippen LogP contribution in [0.1, 0.15) is 10.4 Å². The minimum atomic E-state index is -1.05. The number of hydrogen-bond acceptors (Lipinski definition) is 4. The summed E-state index contributed by atoms with van der Waals surface area (Å²) in [7, 11) is 2.02. The molecule has 19 heavy (non-hydrogen) atoms. The number of morpholine rings is 1. The first kappa shape index (κ1) is 14.3. The Bertz CT molecular complexity index is 469. The Morgan fingerprint density at radius 2 is 2.42 bits per heavy atom. The lowest BCUT2D eigenvalue weighted by atomic mass is 10.2. The van der Waals surface area contributed by atoms with Gasteiger partial charge < -0.3 is 14.7 Å². The molecular formula is C13H16FNO3S. The third kappa shape index (κ3) is 3.92. The molecule has 0 radical (unpaired) electrons. The molecule has 1 N–H and O–H groups in total. The number of rotatable bonds is 4. The zero-order chi connectivity index (χ0) is 13.8. The van der Waals surface area contributed by atoms with E-state index in [0.29, 0.717) is 17.3 Å². The van der Waals surface area contributed by atoms with Crippen LogP contribution in [0.3, 0.4) is 0 Å². The molecule has 1 aromatic carbocycles. The summed E-state index contributed by atoms with van der Waals surface area (Å²) in [6, 6.07) is 3.83. The number of thioether (sulfide) groups is 1. The monoisotopic (exact) mass is 285 g/mol. The number of ether oxygens (including phenoxy) is 1. The van der Waals surface area contributed by atoms with Crippen LogP contribution >= 0.6 is 11.8 Å². The van der Waals surface area contributed by atoms with Gasteiger partial charge in [-0.15, -0.1) is 11.8 Å². The second-order valence-electron chi connectivity index (χ2n) is 4.52. The maximum atomic E-state index is 13.6. The maximum absolute atomic E-state index is 13.6. The zero-order valence-electron chi connectivity index (χ0n) is 10.6. The van der Waals surface area contributed by atoms with Gasteiger partial charge >= 0.3 is 5.97 Å². The Morgan fingerprint density at radius 3 is 3.11 bits per heavy atom. The van der Waals surface area contributed by atoms with Crippen LogP contribution in [0.4, 0.5) is 4.39 Å². The minimum absolute atomic E-state index is 0.0524. The first-order valence-corrected chi connectivity index (χ1v) is 7.00. The molecule has 104 valence electrons. The van der Waals surface area contributed by atoms with E-state index in [4.69, 9.17) is 9.84 Å². The summed E-state index contributed by atoms with van der Waals surface area (Å²) < 4.78 is 19.2. The molecule has 1 heterocycles. The molecule has 1 aliphatic rings. The number of nitrogens with zero attached hydrogens (tertiary/aromatic N) is 1. The van der Waals surface area contributed by atoms with Gasteiger partial charge in [0.25, 0.3) is 0 Å². The van der Waals surface area contributed by atoms with Crippen molar-refractivity contribution in [3.05, 3.63) is 29.6 Å². The second-order valence-corrected chi connectivity index (χ2v) is 5.58. The molecule has 1 aliphatic heterocycles. The lowest BCUT2D eigenvalue weighted by Gasteiger charge is -2.29. The average Bonchev–Trinajstić information content (AvgIpc) is 2.37. The molecule has 0 bridgehead atoms. The highest BCUT2D eigenvalue weighted by atomic mass is 32.2. The normalized spacial score (nSPS) is 20.4. The molecule has 1 aromatic rings. The van der Waals surface area contributed by atoms with Gasteiger partial charge in [0.1, 0.15) is 5.82 Å². The number of aromatic carboxylic acids is 1. The highest BCUT2D eigenvalue weighted by Gasteiger charge is 2.18. The Labute approximate surface area is 115 Å². The van der Waals surface area contributed by atoms with Crippen molar-refractivity contribution in [2.24, 2.45) is 0 Å². The quantitative estimate of drug-likeness (QED) is 0.857. The van der Waals surface area contributed by atoms with Crippen molar-refractivity contribution in [1.29, 1.82) is 0 Å². The average molecular weight is 285 g/mol. The van der Waals surface area contributed by atoms with Crippen molar-refractivity contribution in [2.75, 3.05) is 32.5 Å². The molecule has 1 saturated heterocycles. The van der Waals surface area contributed by atoms with Gasteiger partial charge in [-0.3, -0.25) is 0 Å². The molecular weight excluding hydrogens is 269 g/mol. The molecule has 0 aromatic heterocycles. The van der Waals surface area contributed by atoms with Gasteiger partial charge in [0, 0.05) is 23.7 Å². The summed E-state index contributed by atoms with van der Waals surface area (Å²) in [5, 5.41) is 8.89. The molecule has 0 saturated carbocycles. The van der Waals surface area contributed by atoms with Crippen LogP contribution in [0.5, 0.6) is 0 Å². The largest absolute Gasteiger partial charge is 0.478 e. The van der Waals surface area contributed by atoms with Crippen molar-refractivity contribution >= 4 is 17.7 Å². The van der Waals surface area contributed by atoms with E-state index in [-0.39, 0.29) is 17.5 Å². The zero-order valence-corrected chi connectivity index (χ0v) is 11.5. The molecule has 0 amide bonds. The van der Waals surface area contributed by atoms with Crippen molar-refractivity contribution < 1.29 is 19.0 Å². The standard InChI is InChI=1S/C13H16FNO3S/c1-15-4-5-18-10(7-15)8-19-12-6-9(13(16)17)2-3-11(12)14/h2-3,6,10H,4-5,7-8H2,1H3,(H,16,17). The van der Waals surface area contributed by atoms with Gasteiger partial charge in [-0.2, -0.15) is 0 Å². The molecule has 4 nitrogen and oxygen atoms in total. The lowest BCUT2D eigenvalue weighted by molar-refractivity contribution is -0.00599. The molecule has 6 heteroatoms. The van der Waals surface area contributed by atoms with E-state index < -0.39 is 5.97 Å². The third-order valence-electron chi connectivity index (χ3n) is 2.94. The fourth-order valence-electron chi connectivity index (χ4n) is 1.90. The highest BCUT2D eigenvalue weighted by molar-refractivity contribution is 7.99. The van der Waals surface area contributed by atoms with Crippen LogP contribution in [0, 0.1) is 5.82 Å². The van der Waals surface area contributed by atoms with Gasteiger partial charge in [0.15, 0.2) is 0 Å². The predicted octanol–water partition coefficient (Wildman–Crippen LogP) is 1.95. The molecule has 2 rings (SSSR count). The van der Waals surface area contributed by atoms with Crippen LogP contribution in [0.15, 0.2) is 23.1 Å². The lowest BCUT2D eigenvalue weighted by Crippen LogP contribution is -2.41. The van der Waals surface area contributed by atoms with Gasteiger partial charge in [0.2, 0.25) is 0 Å². The summed E-state index contributed by atoms with van der Waals surface area (Å²) in [5.41, 5.74) is 0.102. The second kappa shape index (κ2) is 6.36. The van der Waals surface area contributed by atoms with E-state index in [2.05, 4.69) is 4.90 Å². The van der Waals surface area contributed by atoms with Gasteiger partial charge in [0.05, 0.1) is 18.3 Å². The maximum Gasteiger partial charge on any atom is 0.335 e. The SMILES string of the molecule is CN1CCOC(CSc2cc(C(=O)O)ccc2F)C1. The van der Waals surface area contributed by atoms with Gasteiger partial charge in [-0.1, -0.05) is 0 Å². The van der Waals surface area contributed by atoms with Crippen molar-refractivity contribution in [3.8, 4) is 0 Å². The number of carboxylic acids is 1. The number of benzene rings is 1. The number of carboxylic acid groups (broad SMARTS) is 1. The highest BCUT2D eigenvalue weighted by Crippen LogP contribution is 2.25. The van der Waals surface area contributed by atoms with E-state index in [1.54, 1.807) is 0 Å². The Kier molecular flexibility index (Phi) is 4.79. The van der Waals surface area contributed by atoms with E-state index >= 15 is 0 Å². The number of carbonyl (C=O) groups is 1. The number of hydrogen-bond donors (Lipinski definition) is 1. The fraction of sp³-hybridized carbons (Fsp3) is 0.462. The third-order valence-corrected chi connectivity index (χ3v) is 4.11. The Morgan fingerprint density at radius 1 is 1.63 bits per heavy atom. The van der Waals surface area contributed by atoms with Crippen LogP contribution in [-0.4, -0.2) is 54.6 Å². The van der Waals surface area contributed by atoms with E-state index in [1.807, 2.05) is 7.05 Å². The molecule has 1 atom stereocenters. The number of halogens is 1.